The zero-order valence-corrected chi connectivity index (χ0v) is 41.5. The fourth-order valence-corrected chi connectivity index (χ4v) is 7.74. The van der Waals surface area contributed by atoms with Crippen LogP contribution in [0.1, 0.15) is 50.9 Å². The Kier molecular flexibility index (Phi) is 15.8. The van der Waals surface area contributed by atoms with E-state index in [9.17, 15) is 0 Å². The van der Waals surface area contributed by atoms with Crippen molar-refractivity contribution in [2.24, 2.45) is 0 Å². The third-order valence-corrected chi connectivity index (χ3v) is 11.1. The molecule has 0 aliphatic heterocycles. The van der Waals surface area contributed by atoms with Crippen molar-refractivity contribution in [3.05, 3.63) is 218 Å². The number of hydrogen-bond donors (Lipinski definition) is 0. The van der Waals surface area contributed by atoms with Crippen LogP contribution in [0.3, 0.4) is 0 Å². The van der Waals surface area contributed by atoms with Crippen molar-refractivity contribution in [2.75, 3.05) is 0 Å². The monoisotopic (exact) mass is 1220 g/mol. The second-order valence-corrected chi connectivity index (χ2v) is 16.1. The molecular weight excluding hydrogens is 1170 g/mol. The van der Waals surface area contributed by atoms with Gasteiger partial charge in [0, 0.05) is 12.4 Å². The molecule has 0 bridgehead atoms. The summed E-state index contributed by atoms with van der Waals surface area (Å²) in [5, 5.41) is 9.47. The van der Waals surface area contributed by atoms with E-state index in [1.54, 1.807) is 0 Å². The van der Waals surface area contributed by atoms with Crippen LogP contribution in [0.25, 0.3) is 87.9 Å². The van der Waals surface area contributed by atoms with Crippen LogP contribution >= 0.6 is 0 Å². The summed E-state index contributed by atoms with van der Waals surface area (Å²) in [7, 11) is 0. The van der Waals surface area contributed by atoms with Gasteiger partial charge in [-0.2, -0.15) is 0 Å². The van der Waals surface area contributed by atoms with Crippen molar-refractivity contribution < 1.29 is 42.1 Å². The molecule has 0 atom stereocenters. The molecule has 12 aromatic rings. The van der Waals surface area contributed by atoms with E-state index in [0.717, 1.165) is 67.0 Å². The molecule has 0 saturated heterocycles. The number of pyridine rings is 4. The number of para-hydroxylation sites is 2. The predicted molar refractivity (Wildman–Crippen MR) is 265 cm³/mol. The van der Waals surface area contributed by atoms with Gasteiger partial charge >= 0.3 is 42.1 Å². The number of nitrogens with zero attached hydrogens (tertiary/aromatic N) is 6. The molecule has 6 aromatic heterocycles. The Morgan fingerprint density at radius 1 is 0.379 bits per heavy atom. The Labute approximate surface area is 414 Å². The Bertz CT molecular complexity index is 3230. The Hall–Kier alpha value is -6.58. The van der Waals surface area contributed by atoms with Gasteiger partial charge < -0.3 is 29.9 Å². The quantitative estimate of drug-likeness (QED) is 0.163. The number of hydrogen-bond acceptors (Lipinski definition) is 4. The van der Waals surface area contributed by atoms with Gasteiger partial charge in [0.1, 0.15) is 0 Å². The fourth-order valence-electron chi connectivity index (χ4n) is 7.74. The zero-order chi connectivity index (χ0) is 43.8. The first-order valence-electron chi connectivity index (χ1n) is 21.7. The van der Waals surface area contributed by atoms with E-state index >= 15 is 0 Å². The van der Waals surface area contributed by atoms with Crippen LogP contribution in [0.15, 0.2) is 194 Å². The Morgan fingerprint density at radius 3 is 1.15 bits per heavy atom. The van der Waals surface area contributed by atoms with Crippen molar-refractivity contribution in [2.45, 2.75) is 39.5 Å². The van der Waals surface area contributed by atoms with Crippen molar-refractivity contribution in [3.63, 3.8) is 0 Å². The summed E-state index contributed by atoms with van der Waals surface area (Å²) in [6, 6.07) is 67.7. The van der Waals surface area contributed by atoms with Crippen LogP contribution in [0.5, 0.6) is 0 Å². The van der Waals surface area contributed by atoms with Crippen LogP contribution in [0.2, 0.25) is 0 Å². The minimum atomic E-state index is 0. The number of aromatic nitrogens is 6. The molecule has 0 N–H and O–H groups in total. The third-order valence-electron chi connectivity index (χ3n) is 11.1. The second-order valence-electron chi connectivity index (χ2n) is 16.1. The smallest absolute Gasteiger partial charge is 0.439 e. The zero-order valence-electron chi connectivity index (χ0n) is 36.9. The average Bonchev–Trinajstić information content (AvgIpc) is 3.92. The standard InChI is InChI=1S/2C15H10N.2C14H13N2.2Pt/c2*1-2-7-13(8-3-1)15-14-9-5-4-6-12(14)10-11-16-15;2*1-9(2)12-8-7-11-10-5-3-4-6-13(10)16-14(11)15-12;;/h2*1-7,9-11H;2*3-9H,1-2H3;;/q4*-1;2*+2. The maximum atomic E-state index is 4.60. The molecule has 0 radical (unpaired) electrons. The van der Waals surface area contributed by atoms with Crippen molar-refractivity contribution in [1.29, 1.82) is 0 Å². The summed E-state index contributed by atoms with van der Waals surface area (Å²) < 4.78 is 0. The molecule has 12 rings (SSSR count). The molecular formula is C58H46N6Pt2. The predicted octanol–water partition coefficient (Wildman–Crippen LogP) is 14.3. The van der Waals surface area contributed by atoms with E-state index in [1.165, 1.54) is 32.3 Å². The molecule has 6 nitrogen and oxygen atoms in total. The number of benzene rings is 6. The van der Waals surface area contributed by atoms with Crippen molar-refractivity contribution >= 4 is 65.4 Å². The molecule has 8 heteroatoms. The summed E-state index contributed by atoms with van der Waals surface area (Å²) in [5.74, 6) is 0.897. The molecule has 0 unspecified atom stereocenters. The third kappa shape index (κ3) is 10.6. The molecule has 0 fully saturated rings. The topological polar surface area (TPSA) is 79.8 Å². The summed E-state index contributed by atoms with van der Waals surface area (Å²) in [4.78, 5) is 27.2. The van der Waals surface area contributed by atoms with Gasteiger partial charge in [-0.05, 0) is 89.5 Å². The maximum absolute atomic E-state index is 4.60. The van der Waals surface area contributed by atoms with Gasteiger partial charge in [-0.3, -0.25) is 0 Å². The minimum Gasteiger partial charge on any atom is -0.439 e. The van der Waals surface area contributed by atoms with E-state index in [2.05, 4.69) is 130 Å². The molecule has 0 spiro atoms. The van der Waals surface area contributed by atoms with Crippen molar-refractivity contribution in [1.82, 2.24) is 29.9 Å². The molecule has 0 saturated carbocycles. The van der Waals surface area contributed by atoms with Crippen LogP contribution < -0.4 is 9.97 Å². The van der Waals surface area contributed by atoms with E-state index in [-0.39, 0.29) is 42.1 Å². The van der Waals surface area contributed by atoms with Crippen LogP contribution in [0, 0.1) is 12.1 Å². The van der Waals surface area contributed by atoms with E-state index < -0.39 is 0 Å². The van der Waals surface area contributed by atoms with Gasteiger partial charge in [0.25, 0.3) is 0 Å². The van der Waals surface area contributed by atoms with Gasteiger partial charge in [0.15, 0.2) is 0 Å². The summed E-state index contributed by atoms with van der Waals surface area (Å²) in [5.41, 5.74) is 10.1. The summed E-state index contributed by atoms with van der Waals surface area (Å²) in [6.45, 7) is 8.60. The molecule has 66 heavy (non-hydrogen) atoms. The van der Waals surface area contributed by atoms with Gasteiger partial charge in [-0.15, -0.1) is 71.8 Å². The van der Waals surface area contributed by atoms with E-state index in [1.807, 2.05) is 134 Å². The minimum absolute atomic E-state index is 0. The fraction of sp³-hybridized carbons (Fsp3) is 0.103. The Morgan fingerprint density at radius 2 is 0.758 bits per heavy atom. The normalized spacial score (nSPS) is 10.8. The first-order chi connectivity index (χ1) is 31.4. The van der Waals surface area contributed by atoms with E-state index in [0.29, 0.717) is 11.8 Å². The van der Waals surface area contributed by atoms with Gasteiger partial charge in [-0.25, -0.2) is 0 Å². The van der Waals surface area contributed by atoms with Gasteiger partial charge in [0.2, 0.25) is 0 Å². The largest absolute Gasteiger partial charge is 2.00 e. The molecule has 0 amide bonds. The molecule has 0 aliphatic rings. The second kappa shape index (κ2) is 22.1. The molecule has 0 aliphatic carbocycles. The van der Waals surface area contributed by atoms with Crippen LogP contribution in [-0.2, 0) is 42.1 Å². The van der Waals surface area contributed by atoms with E-state index in [4.69, 9.17) is 0 Å². The molecule has 6 aromatic carbocycles. The van der Waals surface area contributed by atoms with Crippen molar-refractivity contribution in [3.8, 4) is 22.5 Å². The average molecular weight is 1220 g/mol. The number of rotatable bonds is 4. The summed E-state index contributed by atoms with van der Waals surface area (Å²) in [6.07, 6.45) is 3.69. The Balaban J connectivity index is 0.000000130. The molecule has 6 heterocycles. The SMILES string of the molecule is CC(C)c1ccc2c(n1)[n-]c1ccccc12.CC(C)c1ccc2c(n1)[n-]c1ccccc12.[Pt+2].[Pt+2].[c-]1ccccc1-c1nccc2ccccc12.[c-]1ccccc1-c1nccc2ccccc12. The van der Waals surface area contributed by atoms with Gasteiger partial charge in [-0.1, -0.05) is 172 Å². The van der Waals surface area contributed by atoms with Crippen LogP contribution in [0.4, 0.5) is 0 Å². The first kappa shape index (κ1) is 47.4. The maximum Gasteiger partial charge on any atom is 2.00 e. The number of fused-ring (bicyclic) bond motifs is 8. The summed E-state index contributed by atoms with van der Waals surface area (Å²) >= 11 is 0. The van der Waals surface area contributed by atoms with Gasteiger partial charge in [0.05, 0.1) is 0 Å². The van der Waals surface area contributed by atoms with Crippen LogP contribution in [-0.4, -0.2) is 19.9 Å². The molecule has 328 valence electrons. The first-order valence-corrected chi connectivity index (χ1v) is 21.7.